The third-order valence-corrected chi connectivity index (χ3v) is 17.2. The SMILES string of the molecule is CC(C)CCC[C@@H](C)[C@H]1CC=C2C3=C(CC[C@@]21C)[C@@]1(C)CC[C@H](O[Si](C)(C)C(C)(C)C)C(C)(C)[C@@H]1CC3. The topological polar surface area (TPSA) is 9.23 Å². The van der Waals surface area contributed by atoms with Crippen LogP contribution in [0.3, 0.4) is 0 Å². The number of hydrogen-bond acceptors (Lipinski definition) is 1. The smallest absolute Gasteiger partial charge is 0.192 e. The van der Waals surface area contributed by atoms with Gasteiger partial charge in [0, 0.05) is 0 Å². The first-order valence-corrected chi connectivity index (χ1v) is 19.0. The molecule has 0 aliphatic heterocycles. The van der Waals surface area contributed by atoms with Crippen molar-refractivity contribution in [2.45, 2.75) is 158 Å². The quantitative estimate of drug-likeness (QED) is 0.300. The number of fused-ring (bicyclic) bond motifs is 4. The molecule has 0 aromatic rings. The lowest BCUT2D eigenvalue weighted by Gasteiger charge is -2.61. The van der Waals surface area contributed by atoms with Crippen LogP contribution in [-0.2, 0) is 4.43 Å². The zero-order valence-electron chi connectivity index (χ0n) is 26.9. The fraction of sp³-hybridized carbons (Fsp3) is 0.886. The fourth-order valence-corrected chi connectivity index (χ4v) is 10.8. The van der Waals surface area contributed by atoms with Crippen molar-refractivity contribution in [2.75, 3.05) is 0 Å². The summed E-state index contributed by atoms with van der Waals surface area (Å²) >= 11 is 0. The molecule has 0 bridgehead atoms. The molecule has 0 aromatic carbocycles. The minimum absolute atomic E-state index is 0.235. The van der Waals surface area contributed by atoms with Crippen LogP contribution in [0.1, 0.15) is 133 Å². The average Bonchev–Trinajstić information content (AvgIpc) is 3.12. The largest absolute Gasteiger partial charge is 0.413 e. The van der Waals surface area contributed by atoms with E-state index >= 15 is 0 Å². The molecule has 0 aromatic heterocycles. The molecule has 0 N–H and O–H groups in total. The third kappa shape index (κ3) is 5.02. The molecule has 0 radical (unpaired) electrons. The molecule has 1 fully saturated rings. The van der Waals surface area contributed by atoms with Gasteiger partial charge in [-0.1, -0.05) is 100 Å². The molecule has 4 aliphatic carbocycles. The van der Waals surface area contributed by atoms with Gasteiger partial charge >= 0.3 is 0 Å². The molecule has 0 spiro atoms. The van der Waals surface area contributed by atoms with Crippen molar-refractivity contribution >= 4 is 8.32 Å². The molecule has 4 rings (SSSR count). The number of hydrogen-bond donors (Lipinski definition) is 0. The molecule has 4 aliphatic rings. The molecular weight excluding hydrogens is 464 g/mol. The van der Waals surface area contributed by atoms with Crippen LogP contribution in [0.2, 0.25) is 18.1 Å². The Balaban J connectivity index is 1.56. The van der Waals surface area contributed by atoms with Crippen LogP contribution < -0.4 is 0 Å². The van der Waals surface area contributed by atoms with Crippen LogP contribution in [0, 0.1) is 39.9 Å². The van der Waals surface area contributed by atoms with Crippen molar-refractivity contribution in [3.05, 3.63) is 22.8 Å². The van der Waals surface area contributed by atoms with E-state index in [0.29, 0.717) is 16.9 Å². The summed E-state index contributed by atoms with van der Waals surface area (Å²) in [6, 6.07) is 0. The van der Waals surface area contributed by atoms with E-state index in [1.165, 1.54) is 64.2 Å². The summed E-state index contributed by atoms with van der Waals surface area (Å²) in [4.78, 5) is 0. The van der Waals surface area contributed by atoms with Gasteiger partial charge in [0.25, 0.3) is 0 Å². The molecule has 0 saturated heterocycles. The summed E-state index contributed by atoms with van der Waals surface area (Å²) in [7, 11) is -1.78. The highest BCUT2D eigenvalue weighted by Gasteiger charge is 2.58. The van der Waals surface area contributed by atoms with Crippen LogP contribution in [0.4, 0.5) is 0 Å². The Kier molecular flexibility index (Phi) is 7.96. The lowest BCUT2D eigenvalue weighted by atomic mass is 9.46. The van der Waals surface area contributed by atoms with E-state index in [9.17, 15) is 0 Å². The second-order valence-electron chi connectivity index (χ2n) is 16.9. The van der Waals surface area contributed by atoms with Gasteiger partial charge < -0.3 is 4.43 Å². The minimum atomic E-state index is -1.78. The van der Waals surface area contributed by atoms with Gasteiger partial charge in [-0.05, 0) is 114 Å². The highest BCUT2D eigenvalue weighted by Crippen LogP contribution is 2.67. The van der Waals surface area contributed by atoms with E-state index < -0.39 is 8.32 Å². The summed E-state index contributed by atoms with van der Waals surface area (Å²) in [6.07, 6.45) is 16.6. The van der Waals surface area contributed by atoms with Crippen molar-refractivity contribution in [3.8, 4) is 0 Å². The van der Waals surface area contributed by atoms with Gasteiger partial charge in [-0.25, -0.2) is 0 Å². The zero-order chi connectivity index (χ0) is 27.6. The van der Waals surface area contributed by atoms with Crippen LogP contribution in [0.5, 0.6) is 0 Å². The molecule has 0 unspecified atom stereocenters. The molecule has 1 saturated carbocycles. The molecule has 6 atom stereocenters. The summed E-state index contributed by atoms with van der Waals surface area (Å²) in [5, 5.41) is 0.275. The van der Waals surface area contributed by atoms with Crippen LogP contribution in [-0.4, -0.2) is 14.4 Å². The lowest BCUT2D eigenvalue weighted by molar-refractivity contribution is -0.0839. The highest BCUT2D eigenvalue weighted by molar-refractivity contribution is 6.74. The molecule has 37 heavy (non-hydrogen) atoms. The van der Waals surface area contributed by atoms with Crippen LogP contribution in [0.25, 0.3) is 0 Å². The first kappa shape index (κ1) is 29.6. The van der Waals surface area contributed by atoms with Gasteiger partial charge in [0.2, 0.25) is 0 Å². The average molecular weight is 527 g/mol. The molecule has 2 heteroatoms. The van der Waals surface area contributed by atoms with Crippen molar-refractivity contribution in [1.29, 1.82) is 0 Å². The van der Waals surface area contributed by atoms with E-state index in [2.05, 4.69) is 88.4 Å². The number of rotatable bonds is 7. The van der Waals surface area contributed by atoms with Crippen LogP contribution in [0.15, 0.2) is 22.8 Å². The summed E-state index contributed by atoms with van der Waals surface area (Å²) in [5.41, 5.74) is 6.50. The first-order chi connectivity index (χ1) is 16.9. The highest BCUT2D eigenvalue weighted by atomic mass is 28.4. The first-order valence-electron chi connectivity index (χ1n) is 16.1. The second kappa shape index (κ2) is 9.93. The van der Waals surface area contributed by atoms with E-state index in [4.69, 9.17) is 4.43 Å². The van der Waals surface area contributed by atoms with Gasteiger partial charge in [0.1, 0.15) is 0 Å². The fourth-order valence-electron chi connectivity index (χ4n) is 9.36. The van der Waals surface area contributed by atoms with E-state index in [0.717, 1.165) is 23.7 Å². The normalized spacial score (nSPS) is 36.7. The minimum Gasteiger partial charge on any atom is -0.413 e. The van der Waals surface area contributed by atoms with E-state index in [-0.39, 0.29) is 10.5 Å². The van der Waals surface area contributed by atoms with Gasteiger partial charge in [-0.2, -0.15) is 0 Å². The molecule has 0 amide bonds. The predicted octanol–water partition coefficient (Wildman–Crippen LogP) is 11.1. The Morgan fingerprint density at radius 3 is 2.24 bits per heavy atom. The van der Waals surface area contributed by atoms with Crippen LogP contribution >= 0.6 is 0 Å². The van der Waals surface area contributed by atoms with Gasteiger partial charge in [-0.3, -0.25) is 0 Å². The Morgan fingerprint density at radius 1 is 0.946 bits per heavy atom. The zero-order valence-corrected chi connectivity index (χ0v) is 27.9. The summed E-state index contributed by atoms with van der Waals surface area (Å²) in [5.74, 6) is 3.26. The third-order valence-electron chi connectivity index (χ3n) is 12.8. The van der Waals surface area contributed by atoms with Crippen molar-refractivity contribution < 1.29 is 4.43 Å². The number of allylic oxidation sites excluding steroid dienone is 4. The molecule has 0 heterocycles. The second-order valence-corrected chi connectivity index (χ2v) is 21.6. The summed E-state index contributed by atoms with van der Waals surface area (Å²) in [6.45, 7) is 29.9. The van der Waals surface area contributed by atoms with Crippen molar-refractivity contribution in [3.63, 3.8) is 0 Å². The lowest BCUT2D eigenvalue weighted by Crippen LogP contribution is -2.57. The Hall–Kier alpha value is -0.343. The monoisotopic (exact) mass is 526 g/mol. The molecule has 212 valence electrons. The van der Waals surface area contributed by atoms with Gasteiger partial charge in [-0.15, -0.1) is 0 Å². The van der Waals surface area contributed by atoms with Crippen molar-refractivity contribution in [1.82, 2.24) is 0 Å². The maximum Gasteiger partial charge on any atom is 0.192 e. The summed E-state index contributed by atoms with van der Waals surface area (Å²) < 4.78 is 7.17. The standard InChI is InChI=1S/C35H62OSi/c1-24(2)14-13-15-25(3)27-17-18-28-26-16-19-30-33(7,8)31(36-37(11,12)32(4,5)6)21-23-35(30,10)29(26)20-22-34(27,28)9/h18,24-25,27,30-31H,13-17,19-23H2,1-12H3/t25-,27-,30+,31+,34-,35-/m1/s1. The predicted molar refractivity (Wildman–Crippen MR) is 164 cm³/mol. The Bertz CT molecular complexity index is 914. The molecular formula is C35H62OSi. The maximum atomic E-state index is 7.17. The van der Waals surface area contributed by atoms with E-state index in [1.807, 2.05) is 11.1 Å². The van der Waals surface area contributed by atoms with E-state index in [1.54, 1.807) is 5.57 Å². The van der Waals surface area contributed by atoms with Crippen molar-refractivity contribution in [2.24, 2.45) is 39.9 Å². The molecule has 1 nitrogen and oxygen atoms in total. The Morgan fingerprint density at radius 2 is 1.62 bits per heavy atom. The van der Waals surface area contributed by atoms with Gasteiger partial charge in [0.15, 0.2) is 8.32 Å². The van der Waals surface area contributed by atoms with Gasteiger partial charge in [0.05, 0.1) is 6.10 Å². The Labute approximate surface area is 232 Å². The maximum absolute atomic E-state index is 7.17.